The number of nitrogens with zero attached hydrogens (tertiary/aromatic N) is 4. The summed E-state index contributed by atoms with van der Waals surface area (Å²) in [6.45, 7) is 0.772. The molecule has 1 aromatic heterocycles. The van der Waals surface area contributed by atoms with Gasteiger partial charge >= 0.3 is 0 Å². The summed E-state index contributed by atoms with van der Waals surface area (Å²) in [5.41, 5.74) is 0.975. The van der Waals surface area contributed by atoms with Gasteiger partial charge < -0.3 is 4.90 Å². The second-order valence-electron chi connectivity index (χ2n) is 6.11. The van der Waals surface area contributed by atoms with Crippen LogP contribution in [0.1, 0.15) is 5.56 Å². The zero-order valence-corrected chi connectivity index (χ0v) is 13.8. The van der Waals surface area contributed by atoms with E-state index < -0.39 is 11.8 Å². The number of carbonyl (C=O) groups is 2. The molecule has 4 rings (SSSR count). The molecule has 3 heterocycles. The van der Waals surface area contributed by atoms with Crippen molar-refractivity contribution < 1.29 is 9.59 Å². The highest BCUT2D eigenvalue weighted by Gasteiger charge is 2.53. The molecule has 25 heavy (non-hydrogen) atoms. The minimum absolute atomic E-state index is 0.187. The maximum atomic E-state index is 12.7. The molecule has 0 aliphatic carbocycles. The van der Waals surface area contributed by atoms with Crippen molar-refractivity contribution in [3.05, 3.63) is 53.2 Å². The van der Waals surface area contributed by atoms with Gasteiger partial charge in [-0.3, -0.25) is 9.59 Å². The number of aromatic nitrogens is 1. The Bertz CT molecular complexity index is 885. The molecule has 0 spiro atoms. The molecule has 2 amide bonds. The minimum Gasteiger partial charge on any atom is -0.354 e. The average Bonchev–Trinajstić information content (AvgIpc) is 3.15. The number of carbonyl (C=O) groups excluding carboxylic acids is 2. The number of nitriles is 1. The van der Waals surface area contributed by atoms with E-state index in [-0.39, 0.29) is 11.8 Å². The second kappa shape index (κ2) is 5.87. The molecular weight excluding hydrogens is 340 g/mol. The van der Waals surface area contributed by atoms with Crippen molar-refractivity contribution in [2.45, 2.75) is 0 Å². The van der Waals surface area contributed by atoms with Crippen LogP contribution >= 0.6 is 11.6 Å². The molecule has 2 atom stereocenters. The second-order valence-corrected chi connectivity index (χ2v) is 6.51. The summed E-state index contributed by atoms with van der Waals surface area (Å²) in [5, 5.41) is 9.25. The number of pyridine rings is 1. The predicted molar refractivity (Wildman–Crippen MR) is 92.1 cm³/mol. The Kier molecular flexibility index (Phi) is 3.66. The van der Waals surface area contributed by atoms with Gasteiger partial charge in [-0.1, -0.05) is 29.8 Å². The number of benzene rings is 1. The minimum atomic E-state index is -0.402. The fourth-order valence-corrected chi connectivity index (χ4v) is 3.76. The molecule has 2 aliphatic rings. The van der Waals surface area contributed by atoms with Crippen LogP contribution in [0.3, 0.4) is 0 Å². The van der Waals surface area contributed by atoms with E-state index in [4.69, 9.17) is 16.9 Å². The third-order valence-corrected chi connectivity index (χ3v) is 4.94. The van der Waals surface area contributed by atoms with Crippen LogP contribution in [0.25, 0.3) is 0 Å². The molecule has 2 aliphatic heterocycles. The third-order valence-electron chi connectivity index (χ3n) is 4.66. The monoisotopic (exact) mass is 352 g/mol. The number of hydrogen-bond donors (Lipinski definition) is 0. The van der Waals surface area contributed by atoms with Crippen molar-refractivity contribution in [2.24, 2.45) is 11.8 Å². The average molecular weight is 353 g/mol. The Labute approximate surface area is 149 Å². The summed E-state index contributed by atoms with van der Waals surface area (Å²) in [7, 11) is 0. The first-order valence-electron chi connectivity index (χ1n) is 7.83. The van der Waals surface area contributed by atoms with Crippen LogP contribution in [-0.2, 0) is 9.59 Å². The maximum Gasteiger partial charge on any atom is 0.239 e. The van der Waals surface area contributed by atoms with Crippen LogP contribution in [0, 0.1) is 23.2 Å². The van der Waals surface area contributed by atoms with E-state index in [1.807, 2.05) is 17.0 Å². The van der Waals surface area contributed by atoms with Gasteiger partial charge in [0.25, 0.3) is 0 Å². The molecule has 2 aromatic rings. The lowest BCUT2D eigenvalue weighted by atomic mass is 10.00. The maximum absolute atomic E-state index is 12.7. The van der Waals surface area contributed by atoms with Gasteiger partial charge in [0.2, 0.25) is 11.8 Å². The molecule has 2 saturated heterocycles. The number of amides is 2. The van der Waals surface area contributed by atoms with E-state index in [0.717, 1.165) is 0 Å². The van der Waals surface area contributed by atoms with Crippen LogP contribution in [0.2, 0.25) is 5.02 Å². The number of hydrogen-bond acceptors (Lipinski definition) is 5. The Morgan fingerprint density at radius 3 is 2.32 bits per heavy atom. The first-order chi connectivity index (χ1) is 12.1. The highest BCUT2D eigenvalue weighted by atomic mass is 35.5. The fraction of sp³-hybridized carbons (Fsp3) is 0.222. The van der Waals surface area contributed by atoms with Gasteiger partial charge in [0.05, 0.1) is 28.1 Å². The zero-order valence-electron chi connectivity index (χ0n) is 13.1. The van der Waals surface area contributed by atoms with Gasteiger partial charge in [0.15, 0.2) is 0 Å². The molecule has 124 valence electrons. The van der Waals surface area contributed by atoms with Crippen molar-refractivity contribution in [3.8, 4) is 6.07 Å². The van der Waals surface area contributed by atoms with Crippen molar-refractivity contribution >= 4 is 34.9 Å². The summed E-state index contributed by atoms with van der Waals surface area (Å²) < 4.78 is 0. The molecule has 0 radical (unpaired) electrons. The first-order valence-corrected chi connectivity index (χ1v) is 8.21. The van der Waals surface area contributed by atoms with Gasteiger partial charge in [-0.15, -0.1) is 0 Å². The SMILES string of the molecule is N#Cc1cnc(N2CC3C(=O)N(c4ccccc4)C(=O)C3C2)c(Cl)c1. The molecule has 2 fully saturated rings. The Hall–Kier alpha value is -2.91. The van der Waals surface area contributed by atoms with E-state index in [2.05, 4.69) is 4.98 Å². The van der Waals surface area contributed by atoms with Gasteiger partial charge in [-0.05, 0) is 18.2 Å². The van der Waals surface area contributed by atoms with Gasteiger partial charge in [-0.25, -0.2) is 9.88 Å². The molecular formula is C18H13ClN4O2. The van der Waals surface area contributed by atoms with E-state index in [9.17, 15) is 9.59 Å². The fourth-order valence-electron chi connectivity index (χ4n) is 3.47. The molecule has 7 heteroatoms. The quantitative estimate of drug-likeness (QED) is 0.774. The molecule has 0 N–H and O–H groups in total. The van der Waals surface area contributed by atoms with E-state index in [1.165, 1.54) is 17.2 Å². The Balaban J connectivity index is 1.60. The zero-order chi connectivity index (χ0) is 17.6. The number of halogens is 1. The topological polar surface area (TPSA) is 77.3 Å². The third kappa shape index (κ3) is 2.44. The van der Waals surface area contributed by atoms with Crippen LogP contribution in [0.5, 0.6) is 0 Å². The van der Waals surface area contributed by atoms with Crippen molar-refractivity contribution in [1.29, 1.82) is 5.26 Å². The van der Waals surface area contributed by atoms with Crippen LogP contribution in [0.15, 0.2) is 42.6 Å². The van der Waals surface area contributed by atoms with Crippen molar-refractivity contribution in [2.75, 3.05) is 22.9 Å². The van der Waals surface area contributed by atoms with E-state index in [0.29, 0.717) is 35.2 Å². The molecule has 2 unspecified atom stereocenters. The predicted octanol–water partition coefficient (Wildman–Crippen LogP) is 2.23. The highest BCUT2D eigenvalue weighted by Crippen LogP contribution is 2.39. The van der Waals surface area contributed by atoms with Crippen molar-refractivity contribution in [3.63, 3.8) is 0 Å². The van der Waals surface area contributed by atoms with Crippen LogP contribution < -0.4 is 9.80 Å². The lowest BCUT2D eigenvalue weighted by Gasteiger charge is -2.22. The molecule has 0 bridgehead atoms. The van der Waals surface area contributed by atoms with Crippen LogP contribution in [-0.4, -0.2) is 29.9 Å². The summed E-state index contributed by atoms with van der Waals surface area (Å²) in [5.74, 6) is -0.675. The van der Waals surface area contributed by atoms with Gasteiger partial charge in [0.1, 0.15) is 11.9 Å². The number of para-hydroxylation sites is 1. The Morgan fingerprint density at radius 2 is 1.76 bits per heavy atom. The summed E-state index contributed by atoms with van der Waals surface area (Å²) in [4.78, 5) is 32.8. The normalized spacial score (nSPS) is 22.2. The van der Waals surface area contributed by atoms with Crippen molar-refractivity contribution in [1.82, 2.24) is 4.98 Å². The number of rotatable bonds is 2. The molecule has 1 aromatic carbocycles. The van der Waals surface area contributed by atoms with Gasteiger partial charge in [0, 0.05) is 19.3 Å². The smallest absolute Gasteiger partial charge is 0.239 e. The lowest BCUT2D eigenvalue weighted by molar-refractivity contribution is -0.122. The Morgan fingerprint density at radius 1 is 1.12 bits per heavy atom. The summed E-state index contributed by atoms with van der Waals surface area (Å²) in [6, 6.07) is 12.5. The summed E-state index contributed by atoms with van der Waals surface area (Å²) >= 11 is 6.21. The number of imide groups is 1. The summed E-state index contributed by atoms with van der Waals surface area (Å²) in [6.07, 6.45) is 1.44. The van der Waals surface area contributed by atoms with Gasteiger partial charge in [-0.2, -0.15) is 5.26 Å². The molecule has 6 nitrogen and oxygen atoms in total. The lowest BCUT2D eigenvalue weighted by Crippen LogP contribution is -2.36. The van der Waals surface area contributed by atoms with E-state index in [1.54, 1.807) is 24.3 Å². The largest absolute Gasteiger partial charge is 0.354 e. The first kappa shape index (κ1) is 15.6. The molecule has 0 saturated carbocycles. The standard InChI is InChI=1S/C18H13ClN4O2/c19-15-6-11(7-20)8-21-16(15)22-9-13-14(10-22)18(25)23(17(13)24)12-4-2-1-3-5-12/h1-6,8,13-14H,9-10H2. The number of anilines is 2. The number of fused-ring (bicyclic) bond motifs is 1. The van der Waals surface area contributed by atoms with E-state index >= 15 is 0 Å². The highest BCUT2D eigenvalue weighted by molar-refractivity contribution is 6.33. The van der Waals surface area contributed by atoms with Crippen LogP contribution in [0.4, 0.5) is 11.5 Å².